The molecule has 1 fully saturated rings. The van der Waals surface area contributed by atoms with Crippen LogP contribution in [0, 0.1) is 7.43 Å². The maximum atomic E-state index is 11.1. The number of carbonyl (C=O) groups excluding carboxylic acids is 1. The fourth-order valence-electron chi connectivity index (χ4n) is 1.92. The maximum absolute atomic E-state index is 11.1. The molecule has 1 aliphatic heterocycles. The second-order valence-corrected chi connectivity index (χ2v) is 4.13. The highest BCUT2D eigenvalue weighted by Crippen LogP contribution is 2.24. The third-order valence-corrected chi connectivity index (χ3v) is 2.92. The average Bonchev–Trinajstić information content (AvgIpc) is 2.66. The number of aliphatic hydroxyl groups is 3. The van der Waals surface area contributed by atoms with Crippen molar-refractivity contribution in [2.24, 2.45) is 5.73 Å². The van der Waals surface area contributed by atoms with Gasteiger partial charge in [-0.3, -0.25) is 4.79 Å². The van der Waals surface area contributed by atoms with Crippen LogP contribution in [0.15, 0.2) is 24.5 Å². The Hall–Kier alpha value is -1.54. The van der Waals surface area contributed by atoms with Crippen LogP contribution in [0.3, 0.4) is 0 Å². The fraction of sp³-hybridized carbons (Fsp3) is 0.417. The summed E-state index contributed by atoms with van der Waals surface area (Å²) in [6.07, 6.45) is -1.08. The molecule has 1 aliphatic rings. The highest BCUT2D eigenvalue weighted by atomic mass is 16.6. The van der Waals surface area contributed by atoms with Crippen LogP contribution >= 0.6 is 0 Å². The molecule has 1 aromatic heterocycles. The van der Waals surface area contributed by atoms with Gasteiger partial charge in [-0.1, -0.05) is 0 Å². The largest absolute Gasteiger partial charge is 0.394 e. The summed E-state index contributed by atoms with van der Waals surface area (Å²) in [5.74, 6) is -0.601. The molecule has 2 rings (SSSR count). The summed E-state index contributed by atoms with van der Waals surface area (Å²) >= 11 is 0. The lowest BCUT2D eigenvalue weighted by Crippen LogP contribution is -2.46. The van der Waals surface area contributed by atoms with Crippen LogP contribution in [0.4, 0.5) is 0 Å². The van der Waals surface area contributed by atoms with E-state index in [1.54, 1.807) is 12.3 Å². The summed E-state index contributed by atoms with van der Waals surface area (Å²) in [5.41, 5.74) is 5.41. The molecular formula is C12H18N2O5. The van der Waals surface area contributed by atoms with Gasteiger partial charge in [-0.05, 0) is 6.07 Å². The third kappa shape index (κ3) is 2.90. The summed E-state index contributed by atoms with van der Waals surface area (Å²) in [5, 5.41) is 28.4. The van der Waals surface area contributed by atoms with Gasteiger partial charge in [0.2, 0.25) is 0 Å². The van der Waals surface area contributed by atoms with Crippen LogP contribution in [-0.4, -0.2) is 46.1 Å². The molecule has 0 aromatic carbocycles. The average molecular weight is 270 g/mol. The Labute approximate surface area is 110 Å². The topological polar surface area (TPSA) is 117 Å². The van der Waals surface area contributed by atoms with E-state index >= 15 is 0 Å². The highest BCUT2D eigenvalue weighted by Gasteiger charge is 2.47. The van der Waals surface area contributed by atoms with E-state index in [4.69, 9.17) is 15.6 Å². The van der Waals surface area contributed by atoms with Crippen molar-refractivity contribution in [3.05, 3.63) is 37.5 Å². The number of amides is 1. The van der Waals surface area contributed by atoms with Crippen molar-refractivity contribution in [2.75, 3.05) is 6.61 Å². The third-order valence-electron chi connectivity index (χ3n) is 2.92. The van der Waals surface area contributed by atoms with Crippen molar-refractivity contribution >= 4 is 5.91 Å². The van der Waals surface area contributed by atoms with E-state index < -0.39 is 37.1 Å². The van der Waals surface area contributed by atoms with Gasteiger partial charge >= 0.3 is 0 Å². The first-order valence-corrected chi connectivity index (χ1v) is 5.47. The monoisotopic (exact) mass is 270 g/mol. The second-order valence-electron chi connectivity index (χ2n) is 4.13. The van der Waals surface area contributed by atoms with Crippen LogP contribution in [0.25, 0.3) is 0 Å². The predicted octanol–water partition coefficient (Wildman–Crippen LogP) is -1.87. The molecule has 5 N–H and O–H groups in total. The molecule has 7 heteroatoms. The molecule has 2 unspecified atom stereocenters. The van der Waals surface area contributed by atoms with Crippen LogP contribution in [-0.2, 0) is 4.74 Å². The van der Waals surface area contributed by atoms with Gasteiger partial charge in [-0.2, -0.15) is 4.57 Å². The molecular weight excluding hydrogens is 252 g/mol. The van der Waals surface area contributed by atoms with E-state index in [-0.39, 0.29) is 13.0 Å². The van der Waals surface area contributed by atoms with Crippen molar-refractivity contribution < 1.29 is 29.4 Å². The maximum Gasteiger partial charge on any atom is 0.292 e. The number of nitrogens with two attached hydrogens (primary N) is 1. The first kappa shape index (κ1) is 15.5. The van der Waals surface area contributed by atoms with Crippen molar-refractivity contribution in [3.8, 4) is 0 Å². The number of ether oxygens (including phenoxy) is 1. The van der Waals surface area contributed by atoms with Gasteiger partial charge in [0.25, 0.3) is 12.1 Å². The summed E-state index contributed by atoms with van der Waals surface area (Å²) in [6, 6.07) is 3.11. The molecule has 0 bridgehead atoms. The first-order valence-electron chi connectivity index (χ1n) is 5.47. The number of hydrogen-bond acceptors (Lipinski definition) is 5. The molecule has 19 heavy (non-hydrogen) atoms. The standard InChI is InChI=1S/C11H14N2O5.CH3/c12-10(17)6-2-1-3-13(4-6)11-9(16)8(15)7(5-14)18-11;/h1-4,7-9,11,14-16H,5H2,(H-,12,17);1H3/q;-1/p+1/t7?,8-,9?,11-;/m1./s1. The number of pyridine rings is 1. The Morgan fingerprint density at radius 1 is 1.42 bits per heavy atom. The molecule has 0 spiro atoms. The van der Waals surface area contributed by atoms with Gasteiger partial charge in [-0.25, -0.2) is 0 Å². The molecule has 1 saturated heterocycles. The number of hydrogen-bond donors (Lipinski definition) is 4. The van der Waals surface area contributed by atoms with Crippen molar-refractivity contribution in [2.45, 2.75) is 24.5 Å². The van der Waals surface area contributed by atoms with E-state index in [0.29, 0.717) is 0 Å². The number of carbonyl (C=O) groups is 1. The van der Waals surface area contributed by atoms with Crippen LogP contribution in [0.5, 0.6) is 0 Å². The minimum absolute atomic E-state index is 0. The SMILES string of the molecule is NC(=O)c1ccc[n+]([C@@H]2OC(CO)[C@@H](O)C2O)c1.[CH3-]. The zero-order valence-electron chi connectivity index (χ0n) is 10.5. The van der Waals surface area contributed by atoms with Gasteiger partial charge in [0, 0.05) is 6.07 Å². The van der Waals surface area contributed by atoms with Gasteiger partial charge in [0.1, 0.15) is 17.8 Å². The van der Waals surface area contributed by atoms with E-state index in [9.17, 15) is 15.0 Å². The van der Waals surface area contributed by atoms with Crippen LogP contribution < -0.4 is 10.3 Å². The zero-order valence-corrected chi connectivity index (χ0v) is 10.5. The Balaban J connectivity index is 0.00000180. The summed E-state index contributed by atoms with van der Waals surface area (Å²) < 4.78 is 6.75. The van der Waals surface area contributed by atoms with E-state index in [1.165, 1.54) is 16.8 Å². The van der Waals surface area contributed by atoms with E-state index in [1.807, 2.05) is 0 Å². The van der Waals surface area contributed by atoms with E-state index in [0.717, 1.165) is 0 Å². The van der Waals surface area contributed by atoms with E-state index in [2.05, 4.69) is 0 Å². The molecule has 0 radical (unpaired) electrons. The number of nitrogens with zero attached hydrogens (tertiary/aromatic N) is 1. The highest BCUT2D eigenvalue weighted by molar-refractivity contribution is 5.92. The van der Waals surface area contributed by atoms with Crippen LogP contribution in [0.1, 0.15) is 16.6 Å². The second kappa shape index (κ2) is 6.07. The smallest absolute Gasteiger partial charge is 0.292 e. The lowest BCUT2D eigenvalue weighted by atomic mass is 10.1. The molecule has 0 aliphatic carbocycles. The summed E-state index contributed by atoms with van der Waals surface area (Å²) in [7, 11) is 0. The van der Waals surface area contributed by atoms with Gasteiger partial charge in [-0.15, -0.1) is 0 Å². The number of primary amides is 1. The van der Waals surface area contributed by atoms with Gasteiger partial charge in [0.15, 0.2) is 18.5 Å². The van der Waals surface area contributed by atoms with Gasteiger partial charge < -0.3 is 33.2 Å². The van der Waals surface area contributed by atoms with Crippen LogP contribution in [0.2, 0.25) is 0 Å². The normalized spacial score (nSPS) is 29.8. The molecule has 1 amide bonds. The number of aliphatic hydroxyl groups excluding tert-OH is 3. The fourth-order valence-corrected chi connectivity index (χ4v) is 1.92. The molecule has 2 heterocycles. The lowest BCUT2D eigenvalue weighted by molar-refractivity contribution is -0.765. The minimum atomic E-state index is -1.18. The Kier molecular flexibility index (Phi) is 4.96. The quantitative estimate of drug-likeness (QED) is 0.379. The van der Waals surface area contributed by atoms with Gasteiger partial charge in [0.05, 0.1) is 6.61 Å². The molecule has 106 valence electrons. The van der Waals surface area contributed by atoms with Crippen molar-refractivity contribution in [3.63, 3.8) is 0 Å². The lowest BCUT2D eigenvalue weighted by Gasteiger charge is -2.09. The van der Waals surface area contributed by atoms with Crippen molar-refractivity contribution in [1.29, 1.82) is 0 Å². The molecule has 1 aromatic rings. The minimum Gasteiger partial charge on any atom is -0.394 e. The first-order chi connectivity index (χ1) is 8.54. The molecule has 0 saturated carbocycles. The number of aromatic nitrogens is 1. The Bertz CT molecular complexity index is 454. The van der Waals surface area contributed by atoms with Crippen molar-refractivity contribution in [1.82, 2.24) is 0 Å². The Morgan fingerprint density at radius 2 is 2.11 bits per heavy atom. The molecule has 4 atom stereocenters. The predicted molar refractivity (Wildman–Crippen MR) is 64.6 cm³/mol. The summed E-state index contributed by atoms with van der Waals surface area (Å²) in [6.45, 7) is -0.398. The zero-order chi connectivity index (χ0) is 13.3. The summed E-state index contributed by atoms with van der Waals surface area (Å²) in [4.78, 5) is 11.1. The Morgan fingerprint density at radius 3 is 2.63 bits per heavy atom. The molecule has 7 nitrogen and oxygen atoms in total. The number of rotatable bonds is 3.